The van der Waals surface area contributed by atoms with Gasteiger partial charge in [0.15, 0.2) is 6.61 Å². The van der Waals surface area contributed by atoms with E-state index >= 15 is 0 Å². The second-order valence-electron chi connectivity index (χ2n) is 8.71. The predicted molar refractivity (Wildman–Crippen MR) is 115 cm³/mol. The van der Waals surface area contributed by atoms with E-state index in [0.717, 1.165) is 36.7 Å². The van der Waals surface area contributed by atoms with Gasteiger partial charge in [0.25, 0.3) is 5.91 Å². The third-order valence-corrected chi connectivity index (χ3v) is 5.06. The minimum Gasteiger partial charge on any atom is -0.484 e. The third-order valence-electron chi connectivity index (χ3n) is 5.06. The zero-order chi connectivity index (χ0) is 20.9. The Morgan fingerprint density at radius 2 is 1.76 bits per heavy atom. The topological polar surface area (TPSA) is 70.7 Å². The summed E-state index contributed by atoms with van der Waals surface area (Å²) in [5.41, 5.74) is -0.229. The van der Waals surface area contributed by atoms with Crippen molar-refractivity contribution in [3.05, 3.63) is 42.5 Å². The molecule has 0 saturated carbocycles. The van der Waals surface area contributed by atoms with Gasteiger partial charge in [-0.25, -0.2) is 4.79 Å². The maximum atomic E-state index is 12.2. The monoisotopic (exact) mass is 397 g/mol. The zero-order valence-electron chi connectivity index (χ0n) is 17.5. The van der Waals surface area contributed by atoms with Crippen LogP contribution < -0.4 is 15.4 Å². The molecule has 156 valence electrons. The fourth-order valence-electron chi connectivity index (χ4n) is 3.46. The van der Waals surface area contributed by atoms with Gasteiger partial charge in [-0.05, 0) is 62.4 Å². The van der Waals surface area contributed by atoms with Crippen LogP contribution in [0.2, 0.25) is 0 Å². The number of likely N-dealkylation sites (tertiary alicyclic amines) is 1. The molecule has 1 aliphatic rings. The van der Waals surface area contributed by atoms with E-state index in [4.69, 9.17) is 4.74 Å². The molecular formula is C23H31N3O3. The molecule has 1 aliphatic heterocycles. The number of rotatable bonds is 5. The van der Waals surface area contributed by atoms with Crippen LogP contribution in [0.25, 0.3) is 10.8 Å². The van der Waals surface area contributed by atoms with E-state index in [0.29, 0.717) is 18.2 Å². The molecule has 1 fully saturated rings. The molecule has 3 amide bonds. The van der Waals surface area contributed by atoms with E-state index in [-0.39, 0.29) is 24.1 Å². The minimum absolute atomic E-state index is 0.00513. The van der Waals surface area contributed by atoms with Crippen molar-refractivity contribution in [3.8, 4) is 5.75 Å². The summed E-state index contributed by atoms with van der Waals surface area (Å²) in [7, 11) is 0. The van der Waals surface area contributed by atoms with Gasteiger partial charge in [0.1, 0.15) is 5.75 Å². The zero-order valence-corrected chi connectivity index (χ0v) is 17.5. The van der Waals surface area contributed by atoms with Crippen molar-refractivity contribution in [2.24, 2.45) is 5.92 Å². The Balaban J connectivity index is 1.37. The van der Waals surface area contributed by atoms with Crippen LogP contribution >= 0.6 is 0 Å². The summed E-state index contributed by atoms with van der Waals surface area (Å²) in [6.45, 7) is 8.00. The summed E-state index contributed by atoms with van der Waals surface area (Å²) in [5, 5.41) is 8.19. The molecule has 29 heavy (non-hydrogen) atoms. The average molecular weight is 398 g/mol. The molecule has 0 aliphatic carbocycles. The molecule has 3 rings (SSSR count). The maximum absolute atomic E-state index is 12.2. The lowest BCUT2D eigenvalue weighted by Gasteiger charge is -2.34. The van der Waals surface area contributed by atoms with Crippen LogP contribution in [-0.2, 0) is 4.79 Å². The summed E-state index contributed by atoms with van der Waals surface area (Å²) in [4.78, 5) is 26.2. The Bertz CT molecular complexity index is 852. The van der Waals surface area contributed by atoms with E-state index in [2.05, 4.69) is 10.6 Å². The number of nitrogens with one attached hydrogen (secondary N) is 2. The molecule has 6 nitrogen and oxygen atoms in total. The molecule has 2 aromatic rings. The van der Waals surface area contributed by atoms with Gasteiger partial charge in [0.2, 0.25) is 0 Å². The maximum Gasteiger partial charge on any atom is 0.317 e. The highest BCUT2D eigenvalue weighted by Gasteiger charge is 2.25. The standard InChI is InChI=1S/C23H31N3O3/c1-23(2,3)25-22(28)26-12-10-17(11-13-26)15-24-21(27)16-29-20-9-8-18-6-4-5-7-19(18)14-20/h4-9,14,17H,10-13,15-16H2,1-3H3,(H,24,27)(H,25,28). The van der Waals surface area contributed by atoms with Crippen molar-refractivity contribution in [3.63, 3.8) is 0 Å². The number of hydrogen-bond acceptors (Lipinski definition) is 3. The van der Waals surface area contributed by atoms with Crippen LogP contribution in [0.3, 0.4) is 0 Å². The predicted octanol–water partition coefficient (Wildman–Crippen LogP) is 3.55. The fourth-order valence-corrected chi connectivity index (χ4v) is 3.46. The molecule has 0 aromatic heterocycles. The first-order chi connectivity index (χ1) is 13.8. The van der Waals surface area contributed by atoms with Gasteiger partial charge in [-0.15, -0.1) is 0 Å². The third kappa shape index (κ3) is 6.38. The first-order valence-corrected chi connectivity index (χ1v) is 10.3. The molecule has 2 aromatic carbocycles. The number of urea groups is 1. The summed E-state index contributed by atoms with van der Waals surface area (Å²) in [5.74, 6) is 0.960. The molecule has 6 heteroatoms. The molecule has 1 saturated heterocycles. The van der Waals surface area contributed by atoms with Crippen molar-refractivity contribution in [1.82, 2.24) is 15.5 Å². The lowest BCUT2D eigenvalue weighted by Crippen LogP contribution is -2.51. The largest absolute Gasteiger partial charge is 0.484 e. The van der Waals surface area contributed by atoms with Crippen LogP contribution in [0.15, 0.2) is 42.5 Å². The van der Waals surface area contributed by atoms with Crippen molar-refractivity contribution in [2.45, 2.75) is 39.2 Å². The van der Waals surface area contributed by atoms with Crippen molar-refractivity contribution < 1.29 is 14.3 Å². The molecule has 0 bridgehead atoms. The second kappa shape index (κ2) is 9.16. The molecular weight excluding hydrogens is 366 g/mol. The number of nitrogens with zero attached hydrogens (tertiary/aromatic N) is 1. The normalized spacial score (nSPS) is 15.2. The lowest BCUT2D eigenvalue weighted by atomic mass is 9.97. The van der Waals surface area contributed by atoms with E-state index in [1.54, 1.807) is 0 Å². The Labute approximate surface area is 172 Å². The Morgan fingerprint density at radius 1 is 1.07 bits per heavy atom. The Morgan fingerprint density at radius 3 is 2.45 bits per heavy atom. The first kappa shape index (κ1) is 21.0. The first-order valence-electron chi connectivity index (χ1n) is 10.3. The summed E-state index contributed by atoms with van der Waals surface area (Å²) in [6, 6.07) is 13.9. The molecule has 0 radical (unpaired) electrons. The van der Waals surface area contributed by atoms with Gasteiger partial charge >= 0.3 is 6.03 Å². The molecule has 2 N–H and O–H groups in total. The molecule has 0 atom stereocenters. The molecule has 0 unspecified atom stereocenters. The van der Waals surface area contributed by atoms with Crippen LogP contribution in [0.4, 0.5) is 4.79 Å². The lowest BCUT2D eigenvalue weighted by molar-refractivity contribution is -0.123. The Hall–Kier alpha value is -2.76. The van der Waals surface area contributed by atoms with Crippen LogP contribution in [0, 0.1) is 5.92 Å². The number of carbonyl (C=O) groups is 2. The van der Waals surface area contributed by atoms with Crippen molar-refractivity contribution in [1.29, 1.82) is 0 Å². The number of hydrogen-bond donors (Lipinski definition) is 2. The van der Waals surface area contributed by atoms with Crippen LogP contribution in [0.5, 0.6) is 5.75 Å². The fraction of sp³-hybridized carbons (Fsp3) is 0.478. The smallest absolute Gasteiger partial charge is 0.317 e. The number of fused-ring (bicyclic) bond motifs is 1. The number of piperidine rings is 1. The van der Waals surface area contributed by atoms with Gasteiger partial charge < -0.3 is 20.3 Å². The van der Waals surface area contributed by atoms with E-state index in [1.165, 1.54) is 0 Å². The van der Waals surface area contributed by atoms with Gasteiger partial charge in [0.05, 0.1) is 0 Å². The van der Waals surface area contributed by atoms with Gasteiger partial charge in [-0.3, -0.25) is 4.79 Å². The van der Waals surface area contributed by atoms with Gasteiger partial charge in [0, 0.05) is 25.2 Å². The SMILES string of the molecule is CC(C)(C)NC(=O)N1CCC(CNC(=O)COc2ccc3ccccc3c2)CC1. The highest BCUT2D eigenvalue weighted by atomic mass is 16.5. The molecule has 1 heterocycles. The Kier molecular flexibility index (Phi) is 6.62. The highest BCUT2D eigenvalue weighted by Crippen LogP contribution is 2.20. The van der Waals surface area contributed by atoms with Gasteiger partial charge in [-0.1, -0.05) is 30.3 Å². The summed E-state index contributed by atoms with van der Waals surface area (Å²) in [6.07, 6.45) is 1.78. The van der Waals surface area contributed by atoms with E-state index in [1.807, 2.05) is 68.1 Å². The highest BCUT2D eigenvalue weighted by molar-refractivity contribution is 5.84. The van der Waals surface area contributed by atoms with Crippen LogP contribution in [-0.4, -0.2) is 48.6 Å². The van der Waals surface area contributed by atoms with Crippen LogP contribution in [0.1, 0.15) is 33.6 Å². The number of ether oxygens (including phenoxy) is 1. The van der Waals surface area contributed by atoms with Crippen molar-refractivity contribution in [2.75, 3.05) is 26.2 Å². The number of carbonyl (C=O) groups excluding carboxylic acids is 2. The minimum atomic E-state index is -0.229. The summed E-state index contributed by atoms with van der Waals surface area (Å²) < 4.78 is 5.64. The van der Waals surface area contributed by atoms with E-state index in [9.17, 15) is 9.59 Å². The summed E-state index contributed by atoms with van der Waals surface area (Å²) >= 11 is 0. The quantitative estimate of drug-likeness (QED) is 0.810. The average Bonchev–Trinajstić information content (AvgIpc) is 2.69. The molecule has 0 spiro atoms. The van der Waals surface area contributed by atoms with Gasteiger partial charge in [-0.2, -0.15) is 0 Å². The second-order valence-corrected chi connectivity index (χ2v) is 8.71. The number of amides is 3. The van der Waals surface area contributed by atoms with Crippen molar-refractivity contribution >= 4 is 22.7 Å². The number of benzene rings is 2. The van der Waals surface area contributed by atoms with E-state index < -0.39 is 0 Å².